The molecule has 0 bridgehead atoms. The summed E-state index contributed by atoms with van der Waals surface area (Å²) in [6, 6.07) is 1.41. The van der Waals surface area contributed by atoms with Gasteiger partial charge < -0.3 is 0 Å². The zero-order valence-corrected chi connectivity index (χ0v) is 9.94. The number of azo groups is 1. The summed E-state index contributed by atoms with van der Waals surface area (Å²) in [7, 11) is 0. The third kappa shape index (κ3) is 2.26. The molecule has 0 radical (unpaired) electrons. The number of hydrogen-bond donors (Lipinski definition) is 0. The molecule has 1 heterocycles. The van der Waals surface area contributed by atoms with E-state index in [1.165, 1.54) is 0 Å². The Hall–Kier alpha value is -1.40. The summed E-state index contributed by atoms with van der Waals surface area (Å²) < 4.78 is 37.5. The van der Waals surface area contributed by atoms with Crippen LogP contribution in [-0.2, 0) is 11.0 Å². The van der Waals surface area contributed by atoms with Crippen LogP contribution in [0.4, 0.5) is 13.2 Å². The largest absolute Gasteiger partial charge is 0.416 e. The smallest absolute Gasteiger partial charge is 0.265 e. The molecule has 0 atom stereocenters. The first kappa shape index (κ1) is 13.0. The molecular formula is C10H3Cl2F3N2O. The summed E-state index contributed by atoms with van der Waals surface area (Å²) in [6.07, 6.45) is -3.46. The van der Waals surface area contributed by atoms with E-state index < -0.39 is 17.6 Å². The third-order valence-corrected chi connectivity index (χ3v) is 2.80. The number of halogens is 5. The summed E-state index contributed by atoms with van der Waals surface area (Å²) in [4.78, 5) is 11.3. The second-order valence-corrected chi connectivity index (χ2v) is 4.19. The highest BCUT2D eigenvalue weighted by Crippen LogP contribution is 2.39. The van der Waals surface area contributed by atoms with Gasteiger partial charge in [-0.3, -0.25) is 4.79 Å². The molecule has 1 aliphatic heterocycles. The predicted molar refractivity (Wildman–Crippen MR) is 59.3 cm³/mol. The molecule has 0 aromatic heterocycles. The average Bonchev–Trinajstić information content (AvgIpc) is 2.62. The van der Waals surface area contributed by atoms with Crippen molar-refractivity contribution < 1.29 is 18.0 Å². The van der Waals surface area contributed by atoms with Crippen LogP contribution in [0.1, 0.15) is 11.1 Å². The zero-order chi connectivity index (χ0) is 13.5. The fourth-order valence-electron chi connectivity index (χ4n) is 1.41. The SMILES string of the molecule is O=C1N=NC=C1c1c(Cl)cc(C(F)(F)F)cc1Cl. The van der Waals surface area contributed by atoms with Gasteiger partial charge in [-0.25, -0.2) is 0 Å². The standard InChI is InChI=1S/C10H3Cl2F3N2O/c11-6-1-4(10(13,14)15)2-7(12)8(6)5-3-16-17-9(5)18/h1-3H. The minimum absolute atomic E-state index is 0.00123. The van der Waals surface area contributed by atoms with E-state index >= 15 is 0 Å². The fourth-order valence-corrected chi connectivity index (χ4v) is 2.10. The predicted octanol–water partition coefficient (Wildman–Crippen LogP) is 4.35. The van der Waals surface area contributed by atoms with Gasteiger partial charge in [0.15, 0.2) is 0 Å². The maximum Gasteiger partial charge on any atom is 0.416 e. The van der Waals surface area contributed by atoms with E-state index in [0.29, 0.717) is 12.1 Å². The van der Waals surface area contributed by atoms with Gasteiger partial charge in [0.1, 0.15) is 0 Å². The van der Waals surface area contributed by atoms with E-state index in [0.717, 1.165) is 6.20 Å². The molecule has 0 aliphatic carbocycles. The lowest BCUT2D eigenvalue weighted by molar-refractivity contribution is -0.137. The summed E-state index contributed by atoms with van der Waals surface area (Å²) in [5.74, 6) is -0.696. The van der Waals surface area contributed by atoms with Crippen molar-refractivity contribution in [3.63, 3.8) is 0 Å². The molecule has 1 aromatic rings. The molecule has 94 valence electrons. The molecule has 0 saturated carbocycles. The maximum absolute atomic E-state index is 12.5. The van der Waals surface area contributed by atoms with Gasteiger partial charge in [-0.05, 0) is 12.1 Å². The highest BCUT2D eigenvalue weighted by molar-refractivity contribution is 6.40. The number of carbonyl (C=O) groups is 1. The van der Waals surface area contributed by atoms with Crippen molar-refractivity contribution >= 4 is 34.7 Å². The Balaban J connectivity index is 2.56. The van der Waals surface area contributed by atoms with Crippen LogP contribution in [-0.4, -0.2) is 5.91 Å². The quantitative estimate of drug-likeness (QED) is 0.759. The van der Waals surface area contributed by atoms with Crippen LogP contribution in [0.2, 0.25) is 10.0 Å². The van der Waals surface area contributed by atoms with Gasteiger partial charge in [0.05, 0.1) is 27.4 Å². The molecule has 1 aliphatic rings. The molecule has 2 rings (SSSR count). The molecular weight excluding hydrogens is 292 g/mol. The van der Waals surface area contributed by atoms with Gasteiger partial charge >= 0.3 is 6.18 Å². The van der Waals surface area contributed by atoms with Crippen molar-refractivity contribution in [3.8, 4) is 0 Å². The van der Waals surface area contributed by atoms with Crippen LogP contribution in [0, 0.1) is 0 Å². The van der Waals surface area contributed by atoms with Gasteiger partial charge in [-0.1, -0.05) is 23.2 Å². The van der Waals surface area contributed by atoms with Gasteiger partial charge in [-0.2, -0.15) is 18.3 Å². The summed E-state index contributed by atoms with van der Waals surface area (Å²) in [5, 5.41) is 6.00. The summed E-state index contributed by atoms with van der Waals surface area (Å²) in [6.45, 7) is 0. The van der Waals surface area contributed by atoms with E-state index in [1.807, 2.05) is 0 Å². The van der Waals surface area contributed by atoms with Crippen molar-refractivity contribution in [3.05, 3.63) is 39.5 Å². The van der Waals surface area contributed by atoms with Crippen LogP contribution < -0.4 is 0 Å². The van der Waals surface area contributed by atoms with Gasteiger partial charge in [0, 0.05) is 5.56 Å². The lowest BCUT2D eigenvalue weighted by atomic mass is 10.0. The second-order valence-electron chi connectivity index (χ2n) is 3.38. The molecule has 18 heavy (non-hydrogen) atoms. The molecule has 1 aromatic carbocycles. The van der Waals surface area contributed by atoms with Crippen molar-refractivity contribution in [2.24, 2.45) is 10.2 Å². The first-order valence-electron chi connectivity index (χ1n) is 4.52. The monoisotopic (exact) mass is 294 g/mol. The summed E-state index contributed by atoms with van der Waals surface area (Å²) >= 11 is 11.5. The second kappa shape index (κ2) is 4.37. The molecule has 0 spiro atoms. The minimum Gasteiger partial charge on any atom is -0.265 e. The number of amides is 1. The van der Waals surface area contributed by atoms with Crippen molar-refractivity contribution in [1.29, 1.82) is 0 Å². The average molecular weight is 295 g/mol. The fraction of sp³-hybridized carbons (Fsp3) is 0.100. The van der Waals surface area contributed by atoms with Gasteiger partial charge in [0.2, 0.25) is 0 Å². The number of hydrogen-bond acceptors (Lipinski definition) is 2. The number of rotatable bonds is 1. The Labute approximate surface area is 109 Å². The Bertz CT molecular complexity index is 570. The first-order valence-corrected chi connectivity index (χ1v) is 5.28. The minimum atomic E-state index is -4.56. The molecule has 0 fully saturated rings. The molecule has 0 saturated heterocycles. The van der Waals surface area contributed by atoms with E-state index in [9.17, 15) is 18.0 Å². The van der Waals surface area contributed by atoms with Crippen LogP contribution in [0.25, 0.3) is 5.57 Å². The van der Waals surface area contributed by atoms with Crippen LogP contribution >= 0.6 is 23.2 Å². The lowest BCUT2D eigenvalue weighted by Crippen LogP contribution is -2.06. The Morgan fingerprint density at radius 1 is 1.11 bits per heavy atom. The first-order chi connectivity index (χ1) is 8.30. The highest BCUT2D eigenvalue weighted by atomic mass is 35.5. The van der Waals surface area contributed by atoms with E-state index in [-0.39, 0.29) is 21.2 Å². The zero-order valence-electron chi connectivity index (χ0n) is 8.42. The maximum atomic E-state index is 12.5. The Kier molecular flexibility index (Phi) is 3.16. The normalized spacial score (nSPS) is 15.2. The number of alkyl halides is 3. The van der Waals surface area contributed by atoms with E-state index in [2.05, 4.69) is 10.2 Å². The molecule has 1 amide bonds. The molecule has 0 unspecified atom stereocenters. The topological polar surface area (TPSA) is 41.8 Å². The number of benzene rings is 1. The van der Waals surface area contributed by atoms with Crippen molar-refractivity contribution in [1.82, 2.24) is 0 Å². The third-order valence-electron chi connectivity index (χ3n) is 2.20. The Morgan fingerprint density at radius 3 is 2.06 bits per heavy atom. The van der Waals surface area contributed by atoms with Crippen molar-refractivity contribution in [2.75, 3.05) is 0 Å². The lowest BCUT2D eigenvalue weighted by Gasteiger charge is -2.11. The number of carbonyl (C=O) groups excluding carboxylic acids is 1. The van der Waals surface area contributed by atoms with Crippen LogP contribution in [0.5, 0.6) is 0 Å². The number of nitrogens with zero attached hydrogens (tertiary/aromatic N) is 2. The molecule has 0 N–H and O–H groups in total. The van der Waals surface area contributed by atoms with E-state index in [1.54, 1.807) is 0 Å². The molecule has 8 heteroatoms. The highest BCUT2D eigenvalue weighted by Gasteiger charge is 2.33. The molecule has 3 nitrogen and oxygen atoms in total. The van der Waals surface area contributed by atoms with Crippen LogP contribution in [0.15, 0.2) is 28.6 Å². The van der Waals surface area contributed by atoms with Crippen LogP contribution in [0.3, 0.4) is 0 Å². The van der Waals surface area contributed by atoms with Gasteiger partial charge in [-0.15, -0.1) is 5.11 Å². The summed E-state index contributed by atoms with van der Waals surface area (Å²) in [5.41, 5.74) is -1.01. The Morgan fingerprint density at radius 2 is 1.67 bits per heavy atom. The van der Waals surface area contributed by atoms with E-state index in [4.69, 9.17) is 23.2 Å². The van der Waals surface area contributed by atoms with Gasteiger partial charge in [0.25, 0.3) is 5.91 Å². The van der Waals surface area contributed by atoms with Crippen molar-refractivity contribution in [2.45, 2.75) is 6.18 Å².